The Labute approximate surface area is 174 Å². The van der Waals surface area contributed by atoms with E-state index in [0.717, 1.165) is 29.6 Å². The number of hydrogen-bond acceptors (Lipinski definition) is 3. The highest BCUT2D eigenvalue weighted by atomic mass is 35.5. The van der Waals surface area contributed by atoms with Crippen molar-refractivity contribution in [2.75, 3.05) is 19.6 Å². The van der Waals surface area contributed by atoms with Gasteiger partial charge in [0.1, 0.15) is 5.15 Å². The molecule has 1 aliphatic heterocycles. The van der Waals surface area contributed by atoms with Gasteiger partial charge in [-0.05, 0) is 55.8 Å². The van der Waals surface area contributed by atoms with Crippen LogP contribution in [0.25, 0.3) is 10.9 Å². The largest absolute Gasteiger partial charge is 0.361 e. The third-order valence-corrected chi connectivity index (χ3v) is 5.97. The number of amides is 1. The smallest absolute Gasteiger partial charge is 0.252 e. The predicted octanol–water partition coefficient (Wildman–Crippen LogP) is 4.83. The molecule has 146 valence electrons. The zero-order valence-electron chi connectivity index (χ0n) is 15.4. The lowest BCUT2D eigenvalue weighted by Crippen LogP contribution is -2.40. The molecule has 1 aromatic carbocycles. The van der Waals surface area contributed by atoms with E-state index in [4.69, 9.17) is 23.2 Å². The number of H-pyrrole nitrogens is 1. The van der Waals surface area contributed by atoms with Crippen molar-refractivity contribution in [3.63, 3.8) is 0 Å². The van der Waals surface area contributed by atoms with Crippen molar-refractivity contribution in [3.8, 4) is 0 Å². The Hall–Kier alpha value is -2.08. The van der Waals surface area contributed by atoms with E-state index in [2.05, 4.69) is 20.2 Å². The molecule has 2 aromatic heterocycles. The molecule has 7 heteroatoms. The summed E-state index contributed by atoms with van der Waals surface area (Å²) < 4.78 is 0. The highest BCUT2D eigenvalue weighted by Gasteiger charge is 2.24. The molecule has 4 rings (SSSR count). The third kappa shape index (κ3) is 4.02. The molecule has 1 atom stereocenters. The second-order valence-corrected chi connectivity index (χ2v) is 7.87. The summed E-state index contributed by atoms with van der Waals surface area (Å²) in [5.41, 5.74) is 2.46. The van der Waals surface area contributed by atoms with Crippen LogP contribution in [0.4, 0.5) is 0 Å². The molecule has 0 bridgehead atoms. The SMILES string of the molecule is O=C(NCC(c1ccc(Cl)nc1)N1CCCCC1)c1ccc2[nH]ccc2c1Cl. The zero-order valence-corrected chi connectivity index (χ0v) is 16.9. The Morgan fingerprint density at radius 2 is 1.96 bits per heavy atom. The van der Waals surface area contributed by atoms with Gasteiger partial charge in [0.15, 0.2) is 0 Å². The van der Waals surface area contributed by atoms with Gasteiger partial charge in [-0.3, -0.25) is 9.69 Å². The lowest BCUT2D eigenvalue weighted by Gasteiger charge is -2.34. The van der Waals surface area contributed by atoms with Crippen molar-refractivity contribution in [2.24, 2.45) is 0 Å². The molecule has 28 heavy (non-hydrogen) atoms. The zero-order chi connectivity index (χ0) is 19.5. The van der Waals surface area contributed by atoms with Gasteiger partial charge in [0, 0.05) is 29.8 Å². The highest BCUT2D eigenvalue weighted by molar-refractivity contribution is 6.38. The van der Waals surface area contributed by atoms with Crippen molar-refractivity contribution in [1.82, 2.24) is 20.2 Å². The first-order chi connectivity index (χ1) is 13.6. The van der Waals surface area contributed by atoms with E-state index in [-0.39, 0.29) is 11.9 Å². The summed E-state index contributed by atoms with van der Waals surface area (Å²) in [6.07, 6.45) is 7.20. The second-order valence-electron chi connectivity index (χ2n) is 7.10. The van der Waals surface area contributed by atoms with E-state index in [1.165, 1.54) is 19.3 Å². The number of pyridine rings is 1. The monoisotopic (exact) mass is 416 g/mol. The van der Waals surface area contributed by atoms with Gasteiger partial charge >= 0.3 is 0 Å². The van der Waals surface area contributed by atoms with Crippen LogP contribution in [0.5, 0.6) is 0 Å². The summed E-state index contributed by atoms with van der Waals surface area (Å²) >= 11 is 12.4. The fraction of sp³-hybridized carbons (Fsp3) is 0.333. The fourth-order valence-electron chi connectivity index (χ4n) is 3.83. The Bertz CT molecular complexity index is 964. The average molecular weight is 417 g/mol. The lowest BCUT2D eigenvalue weighted by molar-refractivity contribution is 0.0924. The molecule has 1 saturated heterocycles. The van der Waals surface area contributed by atoms with Crippen molar-refractivity contribution in [2.45, 2.75) is 25.3 Å². The van der Waals surface area contributed by atoms with E-state index in [1.54, 1.807) is 18.3 Å². The number of aromatic amines is 1. The number of hydrogen-bond donors (Lipinski definition) is 2. The minimum absolute atomic E-state index is 0.0591. The molecule has 0 saturated carbocycles. The molecular weight excluding hydrogens is 395 g/mol. The van der Waals surface area contributed by atoms with Crippen LogP contribution in [-0.2, 0) is 0 Å². The molecule has 3 heterocycles. The maximum atomic E-state index is 12.8. The standard InChI is InChI=1S/C21H22Cl2N4O/c22-19-7-4-14(12-25-19)18(27-10-2-1-3-11-27)13-26-21(28)16-5-6-17-15(20(16)23)8-9-24-17/h4-9,12,18,24H,1-3,10-11,13H2,(H,26,28). The first-order valence-electron chi connectivity index (χ1n) is 9.53. The number of nitrogens with zero attached hydrogens (tertiary/aromatic N) is 2. The Morgan fingerprint density at radius 1 is 1.14 bits per heavy atom. The Kier molecular flexibility index (Phi) is 5.85. The number of likely N-dealkylation sites (tertiary alicyclic amines) is 1. The van der Waals surface area contributed by atoms with Crippen molar-refractivity contribution < 1.29 is 4.79 Å². The molecule has 0 radical (unpaired) electrons. The predicted molar refractivity (Wildman–Crippen MR) is 113 cm³/mol. The lowest BCUT2D eigenvalue weighted by atomic mass is 10.0. The van der Waals surface area contributed by atoms with E-state index in [0.29, 0.717) is 22.3 Å². The van der Waals surface area contributed by atoms with Gasteiger partial charge in [-0.2, -0.15) is 0 Å². The number of halogens is 2. The Morgan fingerprint density at radius 3 is 2.71 bits per heavy atom. The summed E-state index contributed by atoms with van der Waals surface area (Å²) in [5.74, 6) is -0.169. The van der Waals surface area contributed by atoms with Crippen LogP contribution in [0.2, 0.25) is 10.2 Å². The van der Waals surface area contributed by atoms with Crippen molar-refractivity contribution in [3.05, 3.63) is 64.0 Å². The minimum atomic E-state index is -0.169. The summed E-state index contributed by atoms with van der Waals surface area (Å²) in [4.78, 5) is 22.6. The number of aromatic nitrogens is 2. The van der Waals surface area contributed by atoms with E-state index >= 15 is 0 Å². The number of carbonyl (C=O) groups is 1. The molecule has 0 spiro atoms. The maximum Gasteiger partial charge on any atom is 0.252 e. The molecule has 1 aliphatic rings. The Balaban J connectivity index is 1.53. The van der Waals surface area contributed by atoms with Gasteiger partial charge < -0.3 is 10.3 Å². The second kappa shape index (κ2) is 8.52. The normalized spacial score (nSPS) is 16.2. The summed E-state index contributed by atoms with van der Waals surface area (Å²) in [6, 6.07) is 9.36. The van der Waals surface area contributed by atoms with Crippen molar-refractivity contribution in [1.29, 1.82) is 0 Å². The molecule has 0 aliphatic carbocycles. The van der Waals surface area contributed by atoms with Crippen LogP contribution in [0.3, 0.4) is 0 Å². The average Bonchev–Trinajstić information content (AvgIpc) is 3.20. The number of benzene rings is 1. The van der Waals surface area contributed by atoms with Gasteiger partial charge in [-0.1, -0.05) is 35.7 Å². The number of fused-ring (bicyclic) bond motifs is 1. The van der Waals surface area contributed by atoms with Gasteiger partial charge in [0.2, 0.25) is 0 Å². The molecule has 2 N–H and O–H groups in total. The fourth-order valence-corrected chi connectivity index (χ4v) is 4.25. The van der Waals surface area contributed by atoms with Gasteiger partial charge in [-0.25, -0.2) is 4.98 Å². The van der Waals surface area contributed by atoms with Crippen LogP contribution < -0.4 is 5.32 Å². The van der Waals surface area contributed by atoms with E-state index < -0.39 is 0 Å². The summed E-state index contributed by atoms with van der Waals surface area (Å²) in [7, 11) is 0. The number of piperidine rings is 1. The number of nitrogens with one attached hydrogen (secondary N) is 2. The number of rotatable bonds is 5. The molecule has 1 fully saturated rings. The number of carbonyl (C=O) groups excluding carboxylic acids is 1. The molecule has 1 unspecified atom stereocenters. The van der Waals surface area contributed by atoms with Crippen LogP contribution in [0.15, 0.2) is 42.7 Å². The van der Waals surface area contributed by atoms with Gasteiger partial charge in [0.25, 0.3) is 5.91 Å². The quantitative estimate of drug-likeness (QED) is 0.585. The third-order valence-electron chi connectivity index (χ3n) is 5.34. The van der Waals surface area contributed by atoms with Crippen LogP contribution in [0, 0.1) is 0 Å². The summed E-state index contributed by atoms with van der Waals surface area (Å²) in [5, 5.41) is 4.86. The van der Waals surface area contributed by atoms with E-state index in [1.807, 2.05) is 24.4 Å². The molecule has 1 amide bonds. The molecule has 3 aromatic rings. The molecular formula is C21H22Cl2N4O. The summed E-state index contributed by atoms with van der Waals surface area (Å²) in [6.45, 7) is 2.52. The van der Waals surface area contributed by atoms with Gasteiger partial charge in [0.05, 0.1) is 16.6 Å². The maximum absolute atomic E-state index is 12.8. The van der Waals surface area contributed by atoms with Crippen LogP contribution in [-0.4, -0.2) is 40.4 Å². The highest BCUT2D eigenvalue weighted by Crippen LogP contribution is 2.28. The first-order valence-corrected chi connectivity index (χ1v) is 10.3. The van der Waals surface area contributed by atoms with Crippen LogP contribution >= 0.6 is 23.2 Å². The van der Waals surface area contributed by atoms with E-state index in [9.17, 15) is 4.79 Å². The topological polar surface area (TPSA) is 61.0 Å². The molecule has 5 nitrogen and oxygen atoms in total. The minimum Gasteiger partial charge on any atom is -0.361 e. The van der Waals surface area contributed by atoms with Crippen LogP contribution in [0.1, 0.15) is 41.2 Å². The van der Waals surface area contributed by atoms with Gasteiger partial charge in [-0.15, -0.1) is 0 Å². The van der Waals surface area contributed by atoms with Crippen molar-refractivity contribution >= 4 is 40.0 Å². The first kappa shape index (κ1) is 19.2.